The fourth-order valence-electron chi connectivity index (χ4n) is 2.02. The maximum Gasteiger partial charge on any atom is 0.166 e. The number of nitrogens with one attached hydrogen (secondary N) is 1. The molecule has 4 heteroatoms. The number of hydrogen-bond donors (Lipinski definition) is 1. The second kappa shape index (κ2) is 5.45. The van der Waals surface area contributed by atoms with E-state index >= 15 is 0 Å². The van der Waals surface area contributed by atoms with Crippen molar-refractivity contribution in [2.24, 2.45) is 0 Å². The van der Waals surface area contributed by atoms with Crippen molar-refractivity contribution in [1.29, 1.82) is 0 Å². The van der Waals surface area contributed by atoms with E-state index in [1.807, 2.05) is 0 Å². The van der Waals surface area contributed by atoms with Crippen molar-refractivity contribution in [1.82, 2.24) is 5.32 Å². The van der Waals surface area contributed by atoms with Gasteiger partial charge in [0.05, 0.1) is 0 Å². The van der Waals surface area contributed by atoms with Gasteiger partial charge in [-0.1, -0.05) is 18.2 Å². The van der Waals surface area contributed by atoms with Gasteiger partial charge < -0.3 is 5.32 Å². The molecule has 0 aliphatic heterocycles. The molecule has 0 bridgehead atoms. The molecule has 0 amide bonds. The zero-order valence-electron chi connectivity index (χ0n) is 10.7. The van der Waals surface area contributed by atoms with E-state index in [1.54, 1.807) is 7.05 Å². The second-order valence-electron chi connectivity index (χ2n) is 4.39. The average Bonchev–Trinajstić information content (AvgIpc) is 2.38. The molecule has 0 unspecified atom stereocenters. The van der Waals surface area contributed by atoms with Crippen LogP contribution < -0.4 is 5.32 Å². The van der Waals surface area contributed by atoms with Crippen LogP contribution in [-0.4, -0.2) is 7.05 Å². The summed E-state index contributed by atoms with van der Waals surface area (Å²) in [6.07, 6.45) is 0. The zero-order valence-corrected chi connectivity index (χ0v) is 10.7. The first-order valence-corrected chi connectivity index (χ1v) is 5.92. The molecule has 0 aliphatic rings. The van der Waals surface area contributed by atoms with Gasteiger partial charge >= 0.3 is 0 Å². The van der Waals surface area contributed by atoms with Crippen LogP contribution in [0.3, 0.4) is 0 Å². The average molecular weight is 265 g/mol. The van der Waals surface area contributed by atoms with Crippen molar-refractivity contribution in [3.05, 3.63) is 58.9 Å². The van der Waals surface area contributed by atoms with Crippen molar-refractivity contribution in [2.75, 3.05) is 7.05 Å². The van der Waals surface area contributed by atoms with Crippen molar-refractivity contribution < 1.29 is 13.2 Å². The van der Waals surface area contributed by atoms with E-state index in [2.05, 4.69) is 5.32 Å². The lowest BCUT2D eigenvalue weighted by Crippen LogP contribution is -2.07. The molecule has 0 fully saturated rings. The molecular weight excluding hydrogens is 251 g/mol. The Balaban J connectivity index is 2.62. The maximum absolute atomic E-state index is 14.0. The Morgan fingerprint density at radius 1 is 0.947 bits per heavy atom. The predicted molar refractivity (Wildman–Crippen MR) is 69.3 cm³/mol. The minimum Gasteiger partial charge on any atom is -0.316 e. The van der Waals surface area contributed by atoms with Gasteiger partial charge in [0, 0.05) is 12.1 Å². The Kier molecular flexibility index (Phi) is 3.90. The number of rotatable bonds is 3. The molecule has 100 valence electrons. The third kappa shape index (κ3) is 2.63. The van der Waals surface area contributed by atoms with Crippen LogP contribution >= 0.6 is 0 Å². The van der Waals surface area contributed by atoms with E-state index in [0.29, 0.717) is 17.7 Å². The summed E-state index contributed by atoms with van der Waals surface area (Å²) in [5.41, 5.74) is 1.48. The molecule has 1 N–H and O–H groups in total. The molecule has 0 aromatic heterocycles. The second-order valence-corrected chi connectivity index (χ2v) is 4.39. The third-order valence-corrected chi connectivity index (χ3v) is 3.00. The number of benzene rings is 2. The first kappa shape index (κ1) is 13.6. The smallest absolute Gasteiger partial charge is 0.166 e. The molecule has 19 heavy (non-hydrogen) atoms. The van der Waals surface area contributed by atoms with Crippen molar-refractivity contribution in [2.45, 2.75) is 13.5 Å². The molecular formula is C15H14F3N. The van der Waals surface area contributed by atoms with Crippen LogP contribution in [0.25, 0.3) is 11.1 Å². The Hall–Kier alpha value is -1.81. The summed E-state index contributed by atoms with van der Waals surface area (Å²) < 4.78 is 40.8. The lowest BCUT2D eigenvalue weighted by Gasteiger charge is -2.12. The summed E-state index contributed by atoms with van der Waals surface area (Å²) in [4.78, 5) is 0. The lowest BCUT2D eigenvalue weighted by atomic mass is 9.97. The van der Waals surface area contributed by atoms with Crippen molar-refractivity contribution in [3.63, 3.8) is 0 Å². The fourth-order valence-corrected chi connectivity index (χ4v) is 2.02. The normalized spacial score (nSPS) is 10.8. The van der Waals surface area contributed by atoms with Gasteiger partial charge in [0.1, 0.15) is 5.82 Å². The summed E-state index contributed by atoms with van der Waals surface area (Å²) in [7, 11) is 1.71. The third-order valence-electron chi connectivity index (χ3n) is 3.00. The monoisotopic (exact) mass is 265 g/mol. The van der Waals surface area contributed by atoms with Gasteiger partial charge in [-0.15, -0.1) is 0 Å². The van der Waals surface area contributed by atoms with Gasteiger partial charge in [0.15, 0.2) is 11.6 Å². The van der Waals surface area contributed by atoms with Gasteiger partial charge in [0.2, 0.25) is 0 Å². The lowest BCUT2D eigenvalue weighted by molar-refractivity contribution is 0.505. The van der Waals surface area contributed by atoms with Crippen molar-refractivity contribution >= 4 is 0 Å². The van der Waals surface area contributed by atoms with Gasteiger partial charge in [-0.3, -0.25) is 0 Å². The van der Waals surface area contributed by atoms with Gasteiger partial charge in [-0.2, -0.15) is 0 Å². The molecule has 2 rings (SSSR count). The summed E-state index contributed by atoms with van der Waals surface area (Å²) >= 11 is 0. The van der Waals surface area contributed by atoms with Crippen LogP contribution in [0.4, 0.5) is 13.2 Å². The number of hydrogen-bond acceptors (Lipinski definition) is 1. The molecule has 0 atom stereocenters. The van der Waals surface area contributed by atoms with Crippen LogP contribution in [0.5, 0.6) is 0 Å². The standard InChI is InChI=1S/C15H14F3N/c1-9-3-5-13(15(18)14(9)17)12-6-4-11(16)7-10(12)8-19-2/h3-7,19H,8H2,1-2H3. The molecule has 2 aromatic rings. The molecule has 0 saturated carbocycles. The van der Waals surface area contributed by atoms with E-state index in [4.69, 9.17) is 0 Å². The largest absolute Gasteiger partial charge is 0.316 e. The van der Waals surface area contributed by atoms with Crippen LogP contribution in [0.2, 0.25) is 0 Å². The van der Waals surface area contributed by atoms with E-state index in [1.165, 1.54) is 37.3 Å². The SMILES string of the molecule is CNCc1cc(F)ccc1-c1ccc(C)c(F)c1F. The number of halogens is 3. The minimum atomic E-state index is -0.899. The molecule has 0 radical (unpaired) electrons. The molecule has 0 spiro atoms. The predicted octanol–water partition coefficient (Wildman–Crippen LogP) is 3.80. The molecule has 1 nitrogen and oxygen atoms in total. The van der Waals surface area contributed by atoms with Gasteiger partial charge in [-0.05, 0) is 42.8 Å². The quantitative estimate of drug-likeness (QED) is 0.890. The highest BCUT2D eigenvalue weighted by Gasteiger charge is 2.15. The summed E-state index contributed by atoms with van der Waals surface area (Å²) in [6, 6.07) is 7.06. The highest BCUT2D eigenvalue weighted by Crippen LogP contribution is 2.29. The van der Waals surface area contributed by atoms with Crippen LogP contribution in [-0.2, 0) is 6.54 Å². The van der Waals surface area contributed by atoms with Gasteiger partial charge in [-0.25, -0.2) is 13.2 Å². The molecule has 0 saturated heterocycles. The molecule has 2 aromatic carbocycles. The summed E-state index contributed by atoms with van der Waals surface area (Å²) in [5, 5.41) is 2.88. The minimum absolute atomic E-state index is 0.147. The topological polar surface area (TPSA) is 12.0 Å². The first-order chi connectivity index (χ1) is 9.04. The summed E-state index contributed by atoms with van der Waals surface area (Å²) in [5.74, 6) is -2.16. The van der Waals surface area contributed by atoms with Crippen LogP contribution in [0.15, 0.2) is 30.3 Å². The summed E-state index contributed by atoms with van der Waals surface area (Å²) in [6.45, 7) is 1.88. The van der Waals surface area contributed by atoms with E-state index in [-0.39, 0.29) is 11.1 Å². The Labute approximate surface area is 110 Å². The fraction of sp³-hybridized carbons (Fsp3) is 0.200. The maximum atomic E-state index is 14.0. The Morgan fingerprint density at radius 3 is 2.32 bits per heavy atom. The Morgan fingerprint density at radius 2 is 1.63 bits per heavy atom. The van der Waals surface area contributed by atoms with E-state index < -0.39 is 17.5 Å². The Bertz CT molecular complexity index is 609. The molecule has 0 heterocycles. The van der Waals surface area contributed by atoms with Gasteiger partial charge in [0.25, 0.3) is 0 Å². The van der Waals surface area contributed by atoms with Crippen molar-refractivity contribution in [3.8, 4) is 11.1 Å². The number of aryl methyl sites for hydroxylation is 1. The zero-order chi connectivity index (χ0) is 14.0. The first-order valence-electron chi connectivity index (χ1n) is 5.92. The highest BCUT2D eigenvalue weighted by atomic mass is 19.2. The van der Waals surface area contributed by atoms with E-state index in [0.717, 1.165) is 0 Å². The van der Waals surface area contributed by atoms with Crippen LogP contribution in [0, 0.1) is 24.4 Å². The van der Waals surface area contributed by atoms with Crippen LogP contribution in [0.1, 0.15) is 11.1 Å². The van der Waals surface area contributed by atoms with E-state index in [9.17, 15) is 13.2 Å². The highest BCUT2D eigenvalue weighted by molar-refractivity contribution is 5.68. The molecule has 0 aliphatic carbocycles.